The van der Waals surface area contributed by atoms with E-state index in [2.05, 4.69) is 27.7 Å². The number of hydrogen-bond donors (Lipinski definition) is 2. The molecule has 2 heterocycles. The van der Waals surface area contributed by atoms with E-state index in [0.717, 1.165) is 25.1 Å². The predicted molar refractivity (Wildman–Crippen MR) is 84.9 cm³/mol. The van der Waals surface area contributed by atoms with Crippen molar-refractivity contribution in [3.63, 3.8) is 0 Å². The molecule has 0 saturated carbocycles. The van der Waals surface area contributed by atoms with E-state index < -0.39 is 0 Å². The second-order valence-corrected chi connectivity index (χ2v) is 5.38. The third kappa shape index (κ3) is 3.64. The molecule has 22 heavy (non-hydrogen) atoms. The molecule has 1 aromatic carbocycles. The van der Waals surface area contributed by atoms with Gasteiger partial charge in [0.2, 0.25) is 12.2 Å². The molecule has 2 unspecified atom stereocenters. The molecule has 1 aromatic heterocycles. The van der Waals surface area contributed by atoms with Gasteiger partial charge in [-0.3, -0.25) is 4.79 Å². The van der Waals surface area contributed by atoms with Crippen LogP contribution in [0.4, 0.5) is 0 Å². The molecule has 1 aliphatic rings. The molecule has 0 radical (unpaired) electrons. The predicted octanol–water partition coefficient (Wildman–Crippen LogP) is 1.89. The van der Waals surface area contributed by atoms with Gasteiger partial charge in [-0.1, -0.05) is 24.2 Å². The average molecular weight is 323 g/mol. The Morgan fingerprint density at radius 3 is 2.77 bits per heavy atom. The van der Waals surface area contributed by atoms with Crippen molar-refractivity contribution in [1.82, 2.24) is 20.8 Å². The van der Waals surface area contributed by atoms with Crippen LogP contribution in [0.15, 0.2) is 35.2 Å². The minimum Gasteiger partial charge on any atom is -0.349 e. The molecule has 1 aliphatic heterocycles. The fourth-order valence-electron chi connectivity index (χ4n) is 2.55. The highest BCUT2D eigenvalue weighted by Gasteiger charge is 2.23. The topological polar surface area (TPSA) is 80.0 Å². The Balaban J connectivity index is 0.00000176. The summed E-state index contributed by atoms with van der Waals surface area (Å²) in [6.07, 6.45) is 2.25. The van der Waals surface area contributed by atoms with Crippen molar-refractivity contribution in [3.05, 3.63) is 36.2 Å². The van der Waals surface area contributed by atoms with Crippen LogP contribution in [0.2, 0.25) is 0 Å². The van der Waals surface area contributed by atoms with Crippen LogP contribution in [0.25, 0.3) is 11.4 Å². The van der Waals surface area contributed by atoms with E-state index in [4.69, 9.17) is 4.52 Å². The molecule has 1 saturated heterocycles. The molecule has 118 valence electrons. The van der Waals surface area contributed by atoms with Crippen molar-refractivity contribution >= 4 is 18.3 Å². The molecular formula is C15H19ClN4O2. The second-order valence-electron chi connectivity index (χ2n) is 5.38. The summed E-state index contributed by atoms with van der Waals surface area (Å²) in [5.74, 6) is 0.934. The van der Waals surface area contributed by atoms with Gasteiger partial charge in [-0.2, -0.15) is 4.98 Å². The van der Waals surface area contributed by atoms with Crippen LogP contribution in [-0.4, -0.2) is 35.2 Å². The number of carbonyl (C=O) groups is 1. The number of hydrogen-bond acceptors (Lipinski definition) is 5. The summed E-state index contributed by atoms with van der Waals surface area (Å²) in [5, 5.41) is 10.2. The maximum atomic E-state index is 12.3. The Labute approximate surface area is 135 Å². The Morgan fingerprint density at radius 2 is 2.14 bits per heavy atom. The Bertz CT molecular complexity index is 601. The third-order valence-electron chi connectivity index (χ3n) is 3.87. The van der Waals surface area contributed by atoms with E-state index in [0.29, 0.717) is 17.3 Å². The quantitative estimate of drug-likeness (QED) is 0.902. The molecule has 0 spiro atoms. The highest BCUT2D eigenvalue weighted by Crippen LogP contribution is 2.16. The summed E-state index contributed by atoms with van der Waals surface area (Å²) in [7, 11) is 0. The number of nitrogens with one attached hydrogen (secondary N) is 2. The highest BCUT2D eigenvalue weighted by molar-refractivity contribution is 5.94. The van der Waals surface area contributed by atoms with Gasteiger partial charge in [0.05, 0.1) is 0 Å². The minimum absolute atomic E-state index is 0. The lowest BCUT2D eigenvalue weighted by molar-refractivity contribution is 0.0914. The van der Waals surface area contributed by atoms with Crippen molar-refractivity contribution in [2.24, 2.45) is 5.92 Å². The Morgan fingerprint density at radius 1 is 1.36 bits per heavy atom. The van der Waals surface area contributed by atoms with Crippen molar-refractivity contribution in [2.75, 3.05) is 13.1 Å². The maximum absolute atomic E-state index is 12.3. The van der Waals surface area contributed by atoms with Crippen LogP contribution in [0.3, 0.4) is 0 Å². The largest absolute Gasteiger partial charge is 0.349 e. The molecule has 7 heteroatoms. The van der Waals surface area contributed by atoms with Crippen molar-refractivity contribution in [2.45, 2.75) is 19.4 Å². The number of rotatable bonds is 3. The Hall–Kier alpha value is -1.92. The normalized spacial score (nSPS) is 21.0. The van der Waals surface area contributed by atoms with E-state index in [1.807, 2.05) is 12.1 Å². The van der Waals surface area contributed by atoms with Gasteiger partial charge < -0.3 is 15.2 Å². The molecule has 1 fully saturated rings. The molecule has 2 N–H and O–H groups in total. The number of amides is 1. The van der Waals surface area contributed by atoms with E-state index in [1.165, 1.54) is 6.39 Å². The lowest BCUT2D eigenvalue weighted by Gasteiger charge is -2.30. The number of nitrogens with zero attached hydrogens (tertiary/aromatic N) is 2. The molecule has 2 atom stereocenters. The van der Waals surface area contributed by atoms with E-state index in [1.54, 1.807) is 12.1 Å². The number of piperidine rings is 1. The van der Waals surface area contributed by atoms with Gasteiger partial charge in [0.15, 0.2) is 0 Å². The third-order valence-corrected chi connectivity index (χ3v) is 3.87. The lowest BCUT2D eigenvalue weighted by Crippen LogP contribution is -2.48. The van der Waals surface area contributed by atoms with Gasteiger partial charge in [0, 0.05) is 17.2 Å². The van der Waals surface area contributed by atoms with Crippen LogP contribution >= 0.6 is 12.4 Å². The second kappa shape index (κ2) is 7.38. The van der Waals surface area contributed by atoms with Crippen LogP contribution in [0.5, 0.6) is 0 Å². The zero-order valence-corrected chi connectivity index (χ0v) is 13.1. The van der Waals surface area contributed by atoms with Crippen LogP contribution in [0, 0.1) is 5.92 Å². The molecule has 6 nitrogen and oxygen atoms in total. The first kappa shape index (κ1) is 16.5. The van der Waals surface area contributed by atoms with Crippen molar-refractivity contribution in [1.29, 1.82) is 0 Å². The first-order valence-electron chi connectivity index (χ1n) is 7.12. The molecular weight excluding hydrogens is 304 g/mol. The molecule has 3 rings (SSSR count). The molecule has 2 aromatic rings. The standard InChI is InChI=1S/C15H18N4O2.ClH/c1-10-8-16-7-6-13(10)18-15(20)12-4-2-11(3-5-12)14-17-9-21-19-14;/h2-5,9-10,13,16H,6-8H2,1H3,(H,18,20);1H. The molecule has 1 amide bonds. The summed E-state index contributed by atoms with van der Waals surface area (Å²) in [6, 6.07) is 7.45. The average Bonchev–Trinajstić information content (AvgIpc) is 3.04. The maximum Gasteiger partial charge on any atom is 0.251 e. The molecule has 0 aliphatic carbocycles. The van der Waals surface area contributed by atoms with E-state index in [9.17, 15) is 4.79 Å². The highest BCUT2D eigenvalue weighted by atomic mass is 35.5. The summed E-state index contributed by atoms with van der Waals surface area (Å²) in [4.78, 5) is 16.3. The van der Waals surface area contributed by atoms with Gasteiger partial charge in [0.1, 0.15) is 0 Å². The van der Waals surface area contributed by atoms with Gasteiger partial charge in [0.25, 0.3) is 5.91 Å². The van der Waals surface area contributed by atoms with E-state index >= 15 is 0 Å². The van der Waals surface area contributed by atoms with Gasteiger partial charge >= 0.3 is 0 Å². The van der Waals surface area contributed by atoms with Crippen molar-refractivity contribution in [3.8, 4) is 11.4 Å². The fraction of sp³-hybridized carbons (Fsp3) is 0.400. The summed E-state index contributed by atoms with van der Waals surface area (Å²) in [6.45, 7) is 4.05. The van der Waals surface area contributed by atoms with E-state index in [-0.39, 0.29) is 24.4 Å². The van der Waals surface area contributed by atoms with Crippen LogP contribution in [0.1, 0.15) is 23.7 Å². The first-order chi connectivity index (χ1) is 10.2. The van der Waals surface area contributed by atoms with Gasteiger partial charge in [-0.05, 0) is 37.6 Å². The molecule has 0 bridgehead atoms. The zero-order chi connectivity index (χ0) is 14.7. The van der Waals surface area contributed by atoms with Crippen molar-refractivity contribution < 1.29 is 9.32 Å². The van der Waals surface area contributed by atoms with Crippen LogP contribution < -0.4 is 10.6 Å². The minimum atomic E-state index is -0.0339. The Kier molecular flexibility index (Phi) is 5.51. The smallest absolute Gasteiger partial charge is 0.251 e. The van der Waals surface area contributed by atoms with Gasteiger partial charge in [-0.15, -0.1) is 12.4 Å². The van der Waals surface area contributed by atoms with Crippen LogP contribution in [-0.2, 0) is 0 Å². The summed E-state index contributed by atoms with van der Waals surface area (Å²) < 4.78 is 4.71. The SMILES string of the molecule is CC1CNCCC1NC(=O)c1ccc(-c2ncon2)cc1.Cl. The number of carbonyl (C=O) groups excluding carboxylic acids is 1. The van der Waals surface area contributed by atoms with Gasteiger partial charge in [-0.25, -0.2) is 0 Å². The summed E-state index contributed by atoms with van der Waals surface area (Å²) in [5.41, 5.74) is 1.48. The lowest BCUT2D eigenvalue weighted by atomic mass is 9.95. The monoisotopic (exact) mass is 322 g/mol. The number of benzene rings is 1. The zero-order valence-electron chi connectivity index (χ0n) is 12.3. The number of aromatic nitrogens is 2. The summed E-state index contributed by atoms with van der Waals surface area (Å²) >= 11 is 0. The first-order valence-corrected chi connectivity index (χ1v) is 7.12. The fourth-order valence-corrected chi connectivity index (χ4v) is 2.55. The number of halogens is 1.